The summed E-state index contributed by atoms with van der Waals surface area (Å²) in [6, 6.07) is 19.3. The zero-order valence-electron chi connectivity index (χ0n) is 15.9. The van der Waals surface area contributed by atoms with Crippen molar-refractivity contribution in [3.05, 3.63) is 95.0 Å². The van der Waals surface area contributed by atoms with Crippen molar-refractivity contribution in [2.45, 2.75) is 38.8 Å². The summed E-state index contributed by atoms with van der Waals surface area (Å²) in [5.74, 6) is -0.528. The number of hydrogen-bond donors (Lipinski definition) is 0. The molecule has 2 rings (SSSR count). The number of hydrogen-bond acceptors (Lipinski definition) is 3. The van der Waals surface area contributed by atoms with Gasteiger partial charge in [-0.15, -0.1) is 0 Å². The van der Waals surface area contributed by atoms with Crippen LogP contribution < -0.4 is 0 Å². The molecule has 140 valence electrons. The maximum Gasteiger partial charge on any atom is 0.398 e. The van der Waals surface area contributed by atoms with Crippen molar-refractivity contribution in [2.75, 3.05) is 6.61 Å². The van der Waals surface area contributed by atoms with Gasteiger partial charge in [-0.3, -0.25) is 4.85 Å². The summed E-state index contributed by atoms with van der Waals surface area (Å²) in [4.78, 5) is 16.6. The lowest BCUT2D eigenvalue weighted by molar-refractivity contribution is -0.146. The van der Waals surface area contributed by atoms with Crippen molar-refractivity contribution in [1.82, 2.24) is 0 Å². The van der Waals surface area contributed by atoms with E-state index < -0.39 is 11.5 Å². The molecule has 0 radical (unpaired) electrons. The van der Waals surface area contributed by atoms with E-state index in [1.165, 1.54) is 0 Å². The SMILES string of the molecule is [C-]#[N+]C(Cc1ccccc1)(C(=O)OCC)/C(=C/OCc1ccccc1)CC. The van der Waals surface area contributed by atoms with Crippen LogP contribution in [0.15, 0.2) is 72.5 Å². The fraction of sp³-hybridized carbons (Fsp3) is 0.304. The maximum absolute atomic E-state index is 12.8. The fourth-order valence-electron chi connectivity index (χ4n) is 2.90. The summed E-state index contributed by atoms with van der Waals surface area (Å²) in [7, 11) is 0. The molecule has 0 saturated carbocycles. The molecular weight excluding hydrogens is 338 g/mol. The summed E-state index contributed by atoms with van der Waals surface area (Å²) in [5, 5.41) is 0. The minimum absolute atomic E-state index is 0.229. The second-order valence-electron chi connectivity index (χ2n) is 6.15. The average Bonchev–Trinajstić information content (AvgIpc) is 2.71. The lowest BCUT2D eigenvalue weighted by atomic mass is 9.83. The summed E-state index contributed by atoms with van der Waals surface area (Å²) in [6.07, 6.45) is 2.33. The van der Waals surface area contributed by atoms with Crippen LogP contribution in [0.3, 0.4) is 0 Å². The predicted octanol–water partition coefficient (Wildman–Crippen LogP) is 4.96. The topological polar surface area (TPSA) is 39.9 Å². The van der Waals surface area contributed by atoms with Gasteiger partial charge in [-0.1, -0.05) is 67.6 Å². The maximum atomic E-state index is 12.8. The minimum atomic E-state index is -1.41. The van der Waals surface area contributed by atoms with Gasteiger partial charge >= 0.3 is 11.5 Å². The third-order valence-corrected chi connectivity index (χ3v) is 4.34. The number of carbonyl (C=O) groups is 1. The monoisotopic (exact) mass is 363 g/mol. The molecule has 0 heterocycles. The van der Waals surface area contributed by atoms with Crippen LogP contribution in [0.1, 0.15) is 31.4 Å². The van der Waals surface area contributed by atoms with E-state index >= 15 is 0 Å². The van der Waals surface area contributed by atoms with Crippen molar-refractivity contribution in [3.63, 3.8) is 0 Å². The molecule has 0 saturated heterocycles. The third-order valence-electron chi connectivity index (χ3n) is 4.34. The van der Waals surface area contributed by atoms with E-state index in [9.17, 15) is 4.79 Å². The van der Waals surface area contributed by atoms with E-state index in [2.05, 4.69) is 4.85 Å². The van der Waals surface area contributed by atoms with Gasteiger partial charge in [0.25, 0.3) is 0 Å². The van der Waals surface area contributed by atoms with Gasteiger partial charge in [0.05, 0.1) is 24.9 Å². The van der Waals surface area contributed by atoms with E-state index in [1.54, 1.807) is 13.2 Å². The van der Waals surface area contributed by atoms with Crippen LogP contribution in [0.5, 0.6) is 0 Å². The molecular formula is C23H25NO3. The highest BCUT2D eigenvalue weighted by atomic mass is 16.5. The molecule has 0 N–H and O–H groups in total. The zero-order valence-corrected chi connectivity index (χ0v) is 15.9. The number of carbonyl (C=O) groups excluding carboxylic acids is 1. The molecule has 0 spiro atoms. The Hall–Kier alpha value is -3.06. The van der Waals surface area contributed by atoms with Gasteiger partial charge in [0.1, 0.15) is 6.61 Å². The normalized spacial score (nSPS) is 13.3. The van der Waals surface area contributed by atoms with Crippen LogP contribution in [0.2, 0.25) is 0 Å². The fourth-order valence-corrected chi connectivity index (χ4v) is 2.90. The van der Waals surface area contributed by atoms with Crippen LogP contribution in [-0.2, 0) is 27.3 Å². The van der Waals surface area contributed by atoms with Gasteiger partial charge in [-0.25, -0.2) is 11.4 Å². The first-order valence-corrected chi connectivity index (χ1v) is 9.11. The van der Waals surface area contributed by atoms with Crippen molar-refractivity contribution >= 4 is 5.97 Å². The van der Waals surface area contributed by atoms with Gasteiger partial charge in [-0.05, 0) is 24.5 Å². The molecule has 0 amide bonds. The number of benzene rings is 2. The van der Waals surface area contributed by atoms with Gasteiger partial charge in [0.15, 0.2) is 0 Å². The lowest BCUT2D eigenvalue weighted by Crippen LogP contribution is -2.41. The van der Waals surface area contributed by atoms with Crippen LogP contribution >= 0.6 is 0 Å². The molecule has 4 heteroatoms. The molecule has 0 aliphatic heterocycles. The van der Waals surface area contributed by atoms with Gasteiger partial charge in [0.2, 0.25) is 0 Å². The largest absolute Gasteiger partial charge is 0.496 e. The Bertz CT molecular complexity index is 793. The van der Waals surface area contributed by atoms with Crippen LogP contribution in [0, 0.1) is 6.57 Å². The minimum Gasteiger partial charge on any atom is -0.496 e. The Balaban J connectivity index is 2.31. The Morgan fingerprint density at radius 3 is 2.15 bits per heavy atom. The van der Waals surface area contributed by atoms with Gasteiger partial charge in [0, 0.05) is 0 Å². The zero-order chi connectivity index (χ0) is 19.5. The van der Waals surface area contributed by atoms with Crippen LogP contribution in [0.25, 0.3) is 4.85 Å². The quantitative estimate of drug-likeness (QED) is 0.359. The smallest absolute Gasteiger partial charge is 0.398 e. The second kappa shape index (κ2) is 10.2. The van der Waals surface area contributed by atoms with Crippen molar-refractivity contribution in [2.24, 2.45) is 0 Å². The molecule has 27 heavy (non-hydrogen) atoms. The highest BCUT2D eigenvalue weighted by Crippen LogP contribution is 2.31. The molecule has 0 aliphatic carbocycles. The molecule has 4 nitrogen and oxygen atoms in total. The first-order chi connectivity index (χ1) is 13.2. The molecule has 0 fully saturated rings. The number of rotatable bonds is 9. The summed E-state index contributed by atoms with van der Waals surface area (Å²) in [5.41, 5.74) is 1.14. The third kappa shape index (κ3) is 5.21. The summed E-state index contributed by atoms with van der Waals surface area (Å²) in [6.45, 7) is 12.1. The van der Waals surface area contributed by atoms with Gasteiger partial charge in [-0.2, -0.15) is 0 Å². The Morgan fingerprint density at radius 1 is 1.04 bits per heavy atom. The standard InChI is InChI=1S/C23H25NO3/c1-4-21(18-26-17-20-14-10-7-11-15-20)23(24-3,22(25)27-5-2)16-19-12-8-6-9-13-19/h6-15,18H,4-5,16-17H2,1-2H3/b21-18+. The van der Waals surface area contributed by atoms with Gasteiger partial charge < -0.3 is 9.47 Å². The molecule has 1 atom stereocenters. The summed E-state index contributed by atoms with van der Waals surface area (Å²) >= 11 is 0. The average molecular weight is 363 g/mol. The number of esters is 1. The van der Waals surface area contributed by atoms with E-state index in [4.69, 9.17) is 16.0 Å². The van der Waals surface area contributed by atoms with E-state index in [1.807, 2.05) is 67.6 Å². The first-order valence-electron chi connectivity index (χ1n) is 9.11. The van der Waals surface area contributed by atoms with E-state index in [0.717, 1.165) is 11.1 Å². The first kappa shape index (κ1) is 20.3. The number of ether oxygens (including phenoxy) is 2. The van der Waals surface area contributed by atoms with Crippen molar-refractivity contribution in [3.8, 4) is 0 Å². The van der Waals surface area contributed by atoms with Crippen LogP contribution in [-0.4, -0.2) is 18.1 Å². The highest BCUT2D eigenvalue weighted by molar-refractivity contribution is 5.87. The molecule has 0 aromatic heterocycles. The van der Waals surface area contributed by atoms with E-state index in [0.29, 0.717) is 18.6 Å². The molecule has 1 unspecified atom stereocenters. The Morgan fingerprint density at radius 2 is 1.63 bits per heavy atom. The van der Waals surface area contributed by atoms with E-state index in [-0.39, 0.29) is 13.0 Å². The van der Waals surface area contributed by atoms with Crippen LogP contribution in [0.4, 0.5) is 0 Å². The molecule has 2 aromatic carbocycles. The van der Waals surface area contributed by atoms with Crippen molar-refractivity contribution in [1.29, 1.82) is 0 Å². The number of nitrogens with zero attached hydrogens (tertiary/aromatic N) is 1. The molecule has 2 aromatic rings. The second-order valence-corrected chi connectivity index (χ2v) is 6.15. The summed E-state index contributed by atoms with van der Waals surface area (Å²) < 4.78 is 11.0. The lowest BCUT2D eigenvalue weighted by Gasteiger charge is -2.22. The highest BCUT2D eigenvalue weighted by Gasteiger charge is 2.50. The Labute approximate surface area is 161 Å². The predicted molar refractivity (Wildman–Crippen MR) is 106 cm³/mol. The molecule has 0 bridgehead atoms. The molecule has 0 aliphatic rings. The Kier molecular flexibility index (Phi) is 7.63. The van der Waals surface area contributed by atoms with Crippen molar-refractivity contribution < 1.29 is 14.3 Å².